The van der Waals surface area contributed by atoms with Crippen LogP contribution in [0.3, 0.4) is 0 Å². The lowest BCUT2D eigenvalue weighted by molar-refractivity contribution is 0.101. The summed E-state index contributed by atoms with van der Waals surface area (Å²) >= 11 is 5.83. The van der Waals surface area contributed by atoms with Crippen molar-refractivity contribution in [3.05, 3.63) is 70.2 Å². The summed E-state index contributed by atoms with van der Waals surface area (Å²) in [5, 5.41) is 0.649. The first kappa shape index (κ1) is 12.9. The molecule has 3 rings (SSSR count). The monoisotopic (exact) mass is 288 g/mol. The summed E-state index contributed by atoms with van der Waals surface area (Å²) in [6.45, 7) is 1.90. The van der Waals surface area contributed by atoms with Crippen LogP contribution in [-0.2, 0) is 0 Å². The van der Waals surface area contributed by atoms with E-state index in [0.29, 0.717) is 5.58 Å². The lowest BCUT2D eigenvalue weighted by atomic mass is 10.1. The van der Waals surface area contributed by atoms with Gasteiger partial charge in [-0.3, -0.25) is 4.79 Å². The number of furan rings is 1. The molecule has 0 aliphatic heterocycles. The van der Waals surface area contributed by atoms with Crippen LogP contribution in [0.5, 0.6) is 0 Å². The molecular weight excluding hydrogens is 279 g/mol. The fourth-order valence-electron chi connectivity index (χ4n) is 2.13. The maximum Gasteiger partial charge on any atom is 0.229 e. The molecule has 0 fully saturated rings. The van der Waals surface area contributed by atoms with Crippen molar-refractivity contribution in [3.8, 4) is 0 Å². The normalized spacial score (nSPS) is 10.9. The molecule has 0 radical (unpaired) electrons. The minimum absolute atomic E-state index is 0.100. The molecule has 0 spiro atoms. The van der Waals surface area contributed by atoms with Crippen molar-refractivity contribution >= 4 is 28.4 Å². The molecule has 20 heavy (non-hydrogen) atoms. The third kappa shape index (κ3) is 2.00. The van der Waals surface area contributed by atoms with Crippen LogP contribution in [-0.4, -0.2) is 5.78 Å². The largest absolute Gasteiger partial charge is 0.452 e. The minimum Gasteiger partial charge on any atom is -0.452 e. The zero-order valence-corrected chi connectivity index (χ0v) is 11.4. The average Bonchev–Trinajstić information content (AvgIpc) is 2.87. The number of aryl methyl sites for hydroxylation is 1. The van der Waals surface area contributed by atoms with Gasteiger partial charge in [-0.1, -0.05) is 35.9 Å². The van der Waals surface area contributed by atoms with E-state index >= 15 is 0 Å². The summed E-state index contributed by atoms with van der Waals surface area (Å²) < 4.78 is 19.0. The van der Waals surface area contributed by atoms with E-state index in [1.54, 1.807) is 6.07 Å². The number of para-hydroxylation sites is 1. The van der Waals surface area contributed by atoms with Gasteiger partial charge in [0, 0.05) is 10.9 Å². The van der Waals surface area contributed by atoms with E-state index in [1.807, 2.05) is 25.1 Å². The molecule has 0 saturated heterocycles. The zero-order valence-electron chi connectivity index (χ0n) is 10.6. The number of carbonyl (C=O) groups excluding carboxylic acids is 1. The predicted molar refractivity (Wildman–Crippen MR) is 75.8 cm³/mol. The first-order chi connectivity index (χ1) is 9.58. The molecule has 3 aromatic rings. The van der Waals surface area contributed by atoms with Gasteiger partial charge < -0.3 is 4.42 Å². The number of carbonyl (C=O) groups is 1. The molecule has 100 valence electrons. The van der Waals surface area contributed by atoms with Gasteiger partial charge in [-0.25, -0.2) is 4.39 Å². The molecule has 0 N–H and O–H groups in total. The van der Waals surface area contributed by atoms with E-state index in [9.17, 15) is 9.18 Å². The topological polar surface area (TPSA) is 30.2 Å². The highest BCUT2D eigenvalue weighted by atomic mass is 35.5. The van der Waals surface area contributed by atoms with Crippen molar-refractivity contribution in [1.82, 2.24) is 0 Å². The number of hydrogen-bond acceptors (Lipinski definition) is 2. The summed E-state index contributed by atoms with van der Waals surface area (Å²) in [6, 6.07) is 11.4. The van der Waals surface area contributed by atoms with E-state index in [-0.39, 0.29) is 16.3 Å². The van der Waals surface area contributed by atoms with Gasteiger partial charge in [0.1, 0.15) is 11.4 Å². The van der Waals surface area contributed by atoms with Crippen molar-refractivity contribution in [2.24, 2.45) is 0 Å². The predicted octanol–water partition coefficient (Wildman–Crippen LogP) is 4.76. The van der Waals surface area contributed by atoms with Crippen molar-refractivity contribution in [2.75, 3.05) is 0 Å². The molecule has 0 aliphatic carbocycles. The quantitative estimate of drug-likeness (QED) is 0.636. The summed E-state index contributed by atoms with van der Waals surface area (Å²) in [4.78, 5) is 12.4. The van der Waals surface area contributed by atoms with Crippen LogP contribution >= 0.6 is 11.6 Å². The third-order valence-corrected chi connectivity index (χ3v) is 3.55. The van der Waals surface area contributed by atoms with Crippen molar-refractivity contribution < 1.29 is 13.6 Å². The van der Waals surface area contributed by atoms with E-state index < -0.39 is 11.6 Å². The summed E-state index contributed by atoms with van der Waals surface area (Å²) in [7, 11) is 0. The van der Waals surface area contributed by atoms with Crippen LogP contribution in [0.2, 0.25) is 5.02 Å². The molecule has 2 nitrogen and oxygen atoms in total. The highest BCUT2D eigenvalue weighted by molar-refractivity contribution is 6.35. The van der Waals surface area contributed by atoms with Gasteiger partial charge in [0.05, 0.1) is 5.02 Å². The van der Waals surface area contributed by atoms with E-state index in [1.165, 1.54) is 18.2 Å². The number of ketones is 1. The Labute approximate surface area is 119 Å². The molecule has 0 atom stereocenters. The number of halogens is 2. The van der Waals surface area contributed by atoms with Crippen molar-refractivity contribution in [1.29, 1.82) is 0 Å². The Balaban J connectivity index is 2.13. The van der Waals surface area contributed by atoms with Gasteiger partial charge in [0.2, 0.25) is 5.78 Å². The van der Waals surface area contributed by atoms with E-state index in [4.69, 9.17) is 16.0 Å². The Morgan fingerprint density at radius 3 is 2.70 bits per heavy atom. The summed E-state index contributed by atoms with van der Waals surface area (Å²) in [5.74, 6) is -0.892. The molecule has 1 aromatic heterocycles. The number of fused-ring (bicyclic) bond motifs is 1. The van der Waals surface area contributed by atoms with Gasteiger partial charge in [0.25, 0.3) is 0 Å². The fourth-order valence-corrected chi connectivity index (χ4v) is 2.34. The Bertz CT molecular complexity index is 820. The van der Waals surface area contributed by atoms with Gasteiger partial charge in [-0.15, -0.1) is 0 Å². The second-order valence-corrected chi connectivity index (χ2v) is 4.91. The standard InChI is InChI=1S/C16H10ClFO2/c1-9-4-2-5-10-8-13(20-16(9)10)15(19)11-6-3-7-12(18)14(11)17/h2-8H,1H3. The number of benzene rings is 2. The summed E-state index contributed by atoms with van der Waals surface area (Å²) in [5.41, 5.74) is 1.69. The molecule has 0 aliphatic rings. The minimum atomic E-state index is -0.621. The van der Waals surface area contributed by atoms with Crippen LogP contribution < -0.4 is 0 Å². The van der Waals surface area contributed by atoms with Crippen LogP contribution in [0.25, 0.3) is 11.0 Å². The smallest absolute Gasteiger partial charge is 0.229 e. The summed E-state index contributed by atoms with van der Waals surface area (Å²) in [6.07, 6.45) is 0. The first-order valence-corrected chi connectivity index (χ1v) is 6.43. The first-order valence-electron chi connectivity index (χ1n) is 6.06. The molecule has 1 heterocycles. The van der Waals surface area contributed by atoms with Gasteiger partial charge >= 0.3 is 0 Å². The molecule has 4 heteroatoms. The van der Waals surface area contributed by atoms with Gasteiger partial charge in [-0.05, 0) is 30.7 Å². The molecular formula is C16H10ClFO2. The molecule has 0 unspecified atom stereocenters. The third-order valence-electron chi connectivity index (χ3n) is 3.16. The average molecular weight is 289 g/mol. The Morgan fingerprint density at radius 1 is 1.20 bits per heavy atom. The Hall–Kier alpha value is -2.13. The molecule has 2 aromatic carbocycles. The van der Waals surface area contributed by atoms with E-state index in [2.05, 4.69) is 0 Å². The number of rotatable bonds is 2. The SMILES string of the molecule is Cc1cccc2cc(C(=O)c3cccc(F)c3Cl)oc12. The fraction of sp³-hybridized carbons (Fsp3) is 0.0625. The van der Waals surface area contributed by atoms with E-state index in [0.717, 1.165) is 10.9 Å². The van der Waals surface area contributed by atoms with Crippen molar-refractivity contribution in [2.45, 2.75) is 6.92 Å². The zero-order chi connectivity index (χ0) is 14.3. The maximum atomic E-state index is 13.4. The molecule has 0 amide bonds. The second-order valence-electron chi connectivity index (χ2n) is 4.53. The Morgan fingerprint density at radius 2 is 1.95 bits per heavy atom. The number of hydrogen-bond donors (Lipinski definition) is 0. The Kier molecular flexibility index (Phi) is 3.07. The van der Waals surface area contributed by atoms with Crippen LogP contribution in [0.1, 0.15) is 21.7 Å². The molecule has 0 bridgehead atoms. The van der Waals surface area contributed by atoms with Crippen LogP contribution in [0.4, 0.5) is 4.39 Å². The maximum absolute atomic E-state index is 13.4. The highest BCUT2D eigenvalue weighted by Gasteiger charge is 2.19. The van der Waals surface area contributed by atoms with Gasteiger partial charge in [-0.2, -0.15) is 0 Å². The van der Waals surface area contributed by atoms with Gasteiger partial charge in [0.15, 0.2) is 5.76 Å². The lowest BCUT2D eigenvalue weighted by Gasteiger charge is -2.01. The highest BCUT2D eigenvalue weighted by Crippen LogP contribution is 2.27. The van der Waals surface area contributed by atoms with Crippen LogP contribution in [0, 0.1) is 12.7 Å². The second kappa shape index (κ2) is 4.76. The lowest BCUT2D eigenvalue weighted by Crippen LogP contribution is -2.01. The van der Waals surface area contributed by atoms with Crippen LogP contribution in [0.15, 0.2) is 46.9 Å². The molecule has 0 saturated carbocycles. The van der Waals surface area contributed by atoms with Crippen molar-refractivity contribution in [3.63, 3.8) is 0 Å².